The second kappa shape index (κ2) is 8.33. The molecule has 2 aromatic carbocycles. The summed E-state index contributed by atoms with van der Waals surface area (Å²) in [5, 5.41) is 0. The number of nitrogens with zero attached hydrogens (tertiary/aromatic N) is 1. The standard InChI is InChI=1S/C25H29NO6S/c1-30-22-8-7-19(15-24(22)31-2)33(28,29)26-11-9-25(10-12-26)16-21(27)20-13-17-5-3-4-6-18(17)14-23(20)32-25/h7-8,13-15H,3-6,9-12,16H2,1-2H3. The minimum Gasteiger partial charge on any atom is -0.493 e. The summed E-state index contributed by atoms with van der Waals surface area (Å²) in [5.41, 5.74) is 2.58. The second-order valence-electron chi connectivity index (χ2n) is 9.13. The first-order valence-electron chi connectivity index (χ1n) is 11.5. The molecule has 0 radical (unpaired) electrons. The van der Waals surface area contributed by atoms with Crippen molar-refractivity contribution in [2.75, 3.05) is 27.3 Å². The first-order valence-corrected chi connectivity index (χ1v) is 12.9. The Morgan fingerprint density at radius 2 is 1.61 bits per heavy atom. The molecule has 7 nitrogen and oxygen atoms in total. The maximum atomic E-state index is 13.3. The van der Waals surface area contributed by atoms with E-state index in [1.807, 2.05) is 6.07 Å². The molecule has 33 heavy (non-hydrogen) atoms. The molecule has 0 N–H and O–H groups in total. The van der Waals surface area contributed by atoms with E-state index in [0.29, 0.717) is 55.2 Å². The van der Waals surface area contributed by atoms with E-state index in [2.05, 4.69) is 6.07 Å². The lowest BCUT2D eigenvalue weighted by Gasteiger charge is -2.43. The monoisotopic (exact) mass is 471 g/mol. The Hall–Kier alpha value is -2.58. The van der Waals surface area contributed by atoms with Crippen LogP contribution < -0.4 is 14.2 Å². The SMILES string of the molecule is COc1ccc(S(=O)(=O)N2CCC3(CC2)CC(=O)c2cc4c(cc2O3)CCCC4)cc1OC. The molecule has 0 amide bonds. The average Bonchev–Trinajstić information content (AvgIpc) is 2.83. The van der Waals surface area contributed by atoms with Crippen molar-refractivity contribution in [1.29, 1.82) is 0 Å². The van der Waals surface area contributed by atoms with Gasteiger partial charge >= 0.3 is 0 Å². The Morgan fingerprint density at radius 1 is 0.939 bits per heavy atom. The van der Waals surface area contributed by atoms with Crippen LogP contribution in [0.1, 0.15) is 53.6 Å². The molecule has 0 atom stereocenters. The highest BCUT2D eigenvalue weighted by Crippen LogP contribution is 2.42. The van der Waals surface area contributed by atoms with Gasteiger partial charge in [-0.15, -0.1) is 0 Å². The third-order valence-electron chi connectivity index (χ3n) is 7.18. The number of carbonyl (C=O) groups excluding carboxylic acids is 1. The molecule has 1 spiro atoms. The molecule has 1 fully saturated rings. The number of benzene rings is 2. The van der Waals surface area contributed by atoms with Gasteiger partial charge in [0.2, 0.25) is 10.0 Å². The number of ether oxygens (including phenoxy) is 3. The fourth-order valence-corrected chi connectivity index (χ4v) is 6.72. The summed E-state index contributed by atoms with van der Waals surface area (Å²) < 4.78 is 44.9. The zero-order valence-corrected chi connectivity index (χ0v) is 19.9. The second-order valence-corrected chi connectivity index (χ2v) is 11.1. The molecule has 1 aliphatic carbocycles. The molecule has 2 heterocycles. The third kappa shape index (κ3) is 3.89. The number of hydrogen-bond donors (Lipinski definition) is 0. The number of Topliss-reactive ketones (excluding diaryl/α,β-unsaturated/α-hetero) is 1. The number of hydrogen-bond acceptors (Lipinski definition) is 6. The minimum absolute atomic E-state index is 0.0980. The number of fused-ring (bicyclic) bond motifs is 2. The van der Waals surface area contributed by atoms with Crippen LogP contribution in [0.3, 0.4) is 0 Å². The fourth-order valence-electron chi connectivity index (χ4n) is 5.26. The van der Waals surface area contributed by atoms with Gasteiger partial charge < -0.3 is 14.2 Å². The lowest BCUT2D eigenvalue weighted by molar-refractivity contribution is 0.00581. The molecular formula is C25H29NO6S. The topological polar surface area (TPSA) is 82.1 Å². The van der Waals surface area contributed by atoms with Crippen LogP contribution in [0, 0.1) is 0 Å². The molecular weight excluding hydrogens is 442 g/mol. The van der Waals surface area contributed by atoms with Crippen LogP contribution in [0.25, 0.3) is 0 Å². The van der Waals surface area contributed by atoms with Crippen molar-refractivity contribution >= 4 is 15.8 Å². The van der Waals surface area contributed by atoms with Crippen molar-refractivity contribution in [2.24, 2.45) is 0 Å². The van der Waals surface area contributed by atoms with Crippen molar-refractivity contribution in [3.63, 3.8) is 0 Å². The van der Waals surface area contributed by atoms with Crippen LogP contribution in [0.2, 0.25) is 0 Å². The van der Waals surface area contributed by atoms with Gasteiger partial charge in [-0.3, -0.25) is 4.79 Å². The Labute approximate surface area is 194 Å². The van der Waals surface area contributed by atoms with E-state index in [4.69, 9.17) is 14.2 Å². The molecule has 1 saturated heterocycles. The van der Waals surface area contributed by atoms with Crippen LogP contribution in [0.5, 0.6) is 17.2 Å². The Bertz CT molecular complexity index is 1200. The van der Waals surface area contributed by atoms with Gasteiger partial charge in [0, 0.05) is 32.0 Å². The molecule has 0 bridgehead atoms. The zero-order chi connectivity index (χ0) is 23.2. The molecule has 8 heteroatoms. The Morgan fingerprint density at radius 3 is 2.27 bits per heavy atom. The molecule has 3 aliphatic rings. The van der Waals surface area contributed by atoms with E-state index in [-0.39, 0.29) is 10.7 Å². The predicted molar refractivity (Wildman–Crippen MR) is 123 cm³/mol. The van der Waals surface area contributed by atoms with Crippen LogP contribution in [0.4, 0.5) is 0 Å². The number of ketones is 1. The highest BCUT2D eigenvalue weighted by atomic mass is 32.2. The normalized spacial score (nSPS) is 20.0. The molecule has 2 aliphatic heterocycles. The number of piperidine rings is 1. The van der Waals surface area contributed by atoms with Crippen LogP contribution in [-0.2, 0) is 22.9 Å². The van der Waals surface area contributed by atoms with E-state index < -0.39 is 15.6 Å². The molecule has 0 saturated carbocycles. The summed E-state index contributed by atoms with van der Waals surface area (Å²) in [6, 6.07) is 8.68. The van der Waals surface area contributed by atoms with E-state index in [9.17, 15) is 13.2 Å². The molecule has 0 unspecified atom stereocenters. The molecule has 176 valence electrons. The Balaban J connectivity index is 1.35. The summed E-state index contributed by atoms with van der Waals surface area (Å²) in [4.78, 5) is 13.2. The van der Waals surface area contributed by atoms with E-state index in [1.165, 1.54) is 41.8 Å². The third-order valence-corrected chi connectivity index (χ3v) is 9.07. The van der Waals surface area contributed by atoms with Crippen LogP contribution >= 0.6 is 0 Å². The largest absolute Gasteiger partial charge is 0.493 e. The van der Waals surface area contributed by atoms with E-state index >= 15 is 0 Å². The van der Waals surface area contributed by atoms with Gasteiger partial charge in [-0.2, -0.15) is 4.31 Å². The number of carbonyl (C=O) groups is 1. The first kappa shape index (κ1) is 22.2. The zero-order valence-electron chi connectivity index (χ0n) is 19.1. The van der Waals surface area contributed by atoms with Crippen molar-refractivity contribution < 1.29 is 27.4 Å². The fraction of sp³-hybridized carbons (Fsp3) is 0.480. The molecule has 2 aromatic rings. The summed E-state index contributed by atoms with van der Waals surface area (Å²) in [5.74, 6) is 1.61. The number of aryl methyl sites for hydroxylation is 2. The van der Waals surface area contributed by atoms with Crippen molar-refractivity contribution in [3.05, 3.63) is 47.0 Å². The lowest BCUT2D eigenvalue weighted by Crippen LogP contribution is -2.52. The van der Waals surface area contributed by atoms with Gasteiger partial charge in [0.15, 0.2) is 17.3 Å². The maximum Gasteiger partial charge on any atom is 0.243 e. The van der Waals surface area contributed by atoms with Crippen molar-refractivity contribution in [2.45, 2.75) is 55.4 Å². The maximum absolute atomic E-state index is 13.3. The van der Waals surface area contributed by atoms with Crippen molar-refractivity contribution in [3.8, 4) is 17.2 Å². The van der Waals surface area contributed by atoms with Gasteiger partial charge in [0.05, 0.1) is 31.1 Å². The van der Waals surface area contributed by atoms with Crippen molar-refractivity contribution in [1.82, 2.24) is 4.31 Å². The number of rotatable bonds is 4. The molecule has 0 aromatic heterocycles. The number of sulfonamides is 1. The highest BCUT2D eigenvalue weighted by Gasteiger charge is 2.45. The minimum atomic E-state index is -3.70. The van der Waals surface area contributed by atoms with Gasteiger partial charge in [-0.05, 0) is 61.1 Å². The molecule has 5 rings (SSSR count). The van der Waals surface area contributed by atoms with Crippen LogP contribution in [-0.4, -0.2) is 51.4 Å². The average molecular weight is 472 g/mol. The van der Waals surface area contributed by atoms with E-state index in [0.717, 1.165) is 25.7 Å². The summed E-state index contributed by atoms with van der Waals surface area (Å²) in [7, 11) is -0.717. The van der Waals surface area contributed by atoms with Gasteiger partial charge in [0.1, 0.15) is 11.4 Å². The predicted octanol–water partition coefficient (Wildman–Crippen LogP) is 3.77. The summed E-state index contributed by atoms with van der Waals surface area (Å²) >= 11 is 0. The van der Waals surface area contributed by atoms with Gasteiger partial charge in [-0.25, -0.2) is 8.42 Å². The van der Waals surface area contributed by atoms with E-state index in [1.54, 1.807) is 6.07 Å². The Kier molecular flexibility index (Phi) is 5.61. The number of methoxy groups -OCH3 is 2. The van der Waals surface area contributed by atoms with Gasteiger partial charge in [0.25, 0.3) is 0 Å². The smallest absolute Gasteiger partial charge is 0.243 e. The lowest BCUT2D eigenvalue weighted by atomic mass is 9.81. The van der Waals surface area contributed by atoms with Crippen LogP contribution in [0.15, 0.2) is 35.2 Å². The highest BCUT2D eigenvalue weighted by molar-refractivity contribution is 7.89. The summed E-state index contributed by atoms with van der Waals surface area (Å²) in [6.45, 7) is 0.592. The summed E-state index contributed by atoms with van der Waals surface area (Å²) in [6.07, 6.45) is 5.60. The van der Waals surface area contributed by atoms with Gasteiger partial charge in [-0.1, -0.05) is 0 Å². The first-order chi connectivity index (χ1) is 15.8. The quantitative estimate of drug-likeness (QED) is 0.675.